The average Bonchev–Trinajstić information content (AvgIpc) is 2.53. The lowest BCUT2D eigenvalue weighted by Gasteiger charge is -2.33. The van der Waals surface area contributed by atoms with E-state index in [4.69, 9.17) is 4.74 Å². The monoisotopic (exact) mass is 347 g/mol. The van der Waals surface area contributed by atoms with Crippen LogP contribution in [-0.4, -0.2) is 43.4 Å². The molecule has 0 aliphatic carbocycles. The second kappa shape index (κ2) is 7.52. The topological polar surface area (TPSA) is 84.9 Å². The van der Waals surface area contributed by atoms with Gasteiger partial charge in [0.15, 0.2) is 0 Å². The van der Waals surface area contributed by atoms with Crippen LogP contribution in [0.25, 0.3) is 0 Å². The Morgan fingerprint density at radius 1 is 1.33 bits per heavy atom. The second-order valence-electron chi connectivity index (χ2n) is 5.40. The number of carboxylic acids is 1. The summed E-state index contributed by atoms with van der Waals surface area (Å²) >= 11 is 0. The van der Waals surface area contributed by atoms with Gasteiger partial charge in [0.2, 0.25) is 0 Å². The first-order chi connectivity index (χ1) is 11.3. The number of hydrogen-bond acceptors (Lipinski definition) is 4. The molecule has 6 nitrogen and oxygen atoms in total. The molecule has 1 fully saturated rings. The molecule has 1 aromatic carbocycles. The highest BCUT2D eigenvalue weighted by Gasteiger charge is 2.40. The fraction of sp³-hybridized carbons (Fsp3) is 0.467. The molecule has 132 valence electrons. The highest BCUT2D eigenvalue weighted by molar-refractivity contribution is 5.97. The number of benzene rings is 1. The molecule has 9 heteroatoms. The fourth-order valence-electron chi connectivity index (χ4n) is 2.45. The number of carboxylic acid groups (broad SMARTS) is 1. The Balaban J connectivity index is 2.13. The molecule has 1 saturated heterocycles. The van der Waals surface area contributed by atoms with Crippen molar-refractivity contribution in [3.05, 3.63) is 29.6 Å². The van der Waals surface area contributed by atoms with E-state index in [1.807, 2.05) is 0 Å². The van der Waals surface area contributed by atoms with Crippen molar-refractivity contribution < 1.29 is 37.3 Å². The van der Waals surface area contributed by atoms with Crippen molar-refractivity contribution in [3.63, 3.8) is 0 Å². The van der Waals surface area contributed by atoms with Gasteiger partial charge in [-0.25, -0.2) is 4.39 Å². The SMILES string of the molecule is O=C(NCC1(C(=O)O)CCOCC1)c1ccc(F)cc1OC(F)F. The Bertz CT molecular complexity index is 617. The second-order valence-corrected chi connectivity index (χ2v) is 5.40. The number of alkyl halides is 2. The number of amides is 1. The zero-order valence-corrected chi connectivity index (χ0v) is 12.6. The molecular weight excluding hydrogens is 331 g/mol. The van der Waals surface area contributed by atoms with Gasteiger partial charge in [-0.1, -0.05) is 0 Å². The third-order valence-electron chi connectivity index (χ3n) is 3.90. The smallest absolute Gasteiger partial charge is 0.387 e. The highest BCUT2D eigenvalue weighted by Crippen LogP contribution is 2.30. The van der Waals surface area contributed by atoms with Crippen LogP contribution in [0.15, 0.2) is 18.2 Å². The largest absolute Gasteiger partial charge is 0.481 e. The molecule has 0 spiro atoms. The van der Waals surface area contributed by atoms with E-state index in [-0.39, 0.29) is 38.2 Å². The van der Waals surface area contributed by atoms with Crippen LogP contribution in [0.2, 0.25) is 0 Å². The molecule has 1 heterocycles. The number of carbonyl (C=O) groups excluding carboxylic acids is 1. The van der Waals surface area contributed by atoms with E-state index in [0.29, 0.717) is 6.07 Å². The van der Waals surface area contributed by atoms with Gasteiger partial charge in [0.25, 0.3) is 5.91 Å². The minimum Gasteiger partial charge on any atom is -0.481 e. The summed E-state index contributed by atoms with van der Waals surface area (Å²) in [6.07, 6.45) is 0.429. The van der Waals surface area contributed by atoms with Crippen molar-refractivity contribution in [2.75, 3.05) is 19.8 Å². The maximum atomic E-state index is 13.2. The summed E-state index contributed by atoms with van der Waals surface area (Å²) < 4.78 is 47.2. The van der Waals surface area contributed by atoms with Crippen molar-refractivity contribution in [2.24, 2.45) is 5.41 Å². The van der Waals surface area contributed by atoms with Gasteiger partial charge in [-0.05, 0) is 25.0 Å². The third-order valence-corrected chi connectivity index (χ3v) is 3.90. The van der Waals surface area contributed by atoms with Crippen molar-refractivity contribution in [1.29, 1.82) is 0 Å². The first kappa shape index (κ1) is 18.1. The highest BCUT2D eigenvalue weighted by atomic mass is 19.3. The fourth-order valence-corrected chi connectivity index (χ4v) is 2.45. The molecule has 0 radical (unpaired) electrons. The molecule has 1 aromatic rings. The minimum absolute atomic E-state index is 0.198. The van der Waals surface area contributed by atoms with Gasteiger partial charge in [0, 0.05) is 25.8 Å². The predicted octanol–water partition coefficient (Wildman–Crippen LogP) is 2.04. The predicted molar refractivity (Wildman–Crippen MR) is 75.5 cm³/mol. The van der Waals surface area contributed by atoms with Crippen LogP contribution in [0.4, 0.5) is 13.2 Å². The quantitative estimate of drug-likeness (QED) is 0.823. The number of carbonyl (C=O) groups is 2. The lowest BCUT2D eigenvalue weighted by atomic mass is 9.80. The van der Waals surface area contributed by atoms with Crippen LogP contribution in [0.1, 0.15) is 23.2 Å². The van der Waals surface area contributed by atoms with Crippen LogP contribution >= 0.6 is 0 Å². The number of ether oxygens (including phenoxy) is 2. The van der Waals surface area contributed by atoms with Crippen molar-refractivity contribution in [3.8, 4) is 5.75 Å². The zero-order valence-electron chi connectivity index (χ0n) is 12.6. The van der Waals surface area contributed by atoms with E-state index in [1.165, 1.54) is 0 Å². The van der Waals surface area contributed by atoms with Crippen LogP contribution < -0.4 is 10.1 Å². The summed E-state index contributed by atoms with van der Waals surface area (Å²) in [4.78, 5) is 23.7. The summed E-state index contributed by atoms with van der Waals surface area (Å²) in [6.45, 7) is -2.92. The lowest BCUT2D eigenvalue weighted by Crippen LogP contribution is -2.46. The van der Waals surface area contributed by atoms with Gasteiger partial charge >= 0.3 is 12.6 Å². The van der Waals surface area contributed by atoms with Crippen molar-refractivity contribution >= 4 is 11.9 Å². The standard InChI is InChI=1S/C15H16F3NO5/c16-9-1-2-10(11(7-9)24-14(17)18)12(20)19-8-15(13(21)22)3-5-23-6-4-15/h1-2,7,14H,3-6,8H2,(H,19,20)(H,21,22). The van der Waals surface area contributed by atoms with Gasteiger partial charge < -0.3 is 19.9 Å². The van der Waals surface area contributed by atoms with Gasteiger partial charge in [0.05, 0.1) is 11.0 Å². The first-order valence-corrected chi connectivity index (χ1v) is 7.18. The van der Waals surface area contributed by atoms with Gasteiger partial charge in [-0.15, -0.1) is 0 Å². The molecule has 1 amide bonds. The molecule has 0 atom stereocenters. The summed E-state index contributed by atoms with van der Waals surface area (Å²) in [6, 6.07) is 2.59. The van der Waals surface area contributed by atoms with Crippen LogP contribution in [0.3, 0.4) is 0 Å². The molecule has 24 heavy (non-hydrogen) atoms. The van der Waals surface area contributed by atoms with E-state index in [2.05, 4.69) is 10.1 Å². The van der Waals surface area contributed by atoms with Crippen molar-refractivity contribution in [2.45, 2.75) is 19.5 Å². The minimum atomic E-state index is -3.22. The van der Waals surface area contributed by atoms with Gasteiger partial charge in [0.1, 0.15) is 11.6 Å². The lowest BCUT2D eigenvalue weighted by molar-refractivity contribution is -0.154. The number of halogens is 3. The molecule has 0 bridgehead atoms. The Morgan fingerprint density at radius 2 is 2.00 bits per heavy atom. The maximum absolute atomic E-state index is 13.2. The molecule has 2 N–H and O–H groups in total. The summed E-state index contributed by atoms with van der Waals surface area (Å²) in [5.41, 5.74) is -1.48. The molecule has 0 aromatic heterocycles. The molecule has 0 saturated carbocycles. The van der Waals surface area contributed by atoms with E-state index in [9.17, 15) is 27.9 Å². The summed E-state index contributed by atoms with van der Waals surface area (Å²) in [5, 5.41) is 11.8. The van der Waals surface area contributed by atoms with Gasteiger partial charge in [-0.2, -0.15) is 8.78 Å². The zero-order chi connectivity index (χ0) is 17.7. The number of aliphatic carboxylic acids is 1. The molecular formula is C15H16F3NO5. The van der Waals surface area contributed by atoms with Gasteiger partial charge in [-0.3, -0.25) is 9.59 Å². The Kier molecular flexibility index (Phi) is 5.66. The Hall–Kier alpha value is -2.29. The maximum Gasteiger partial charge on any atom is 0.387 e. The van der Waals surface area contributed by atoms with E-state index >= 15 is 0 Å². The van der Waals surface area contributed by atoms with Crippen molar-refractivity contribution in [1.82, 2.24) is 5.32 Å². The Labute approximate surface area is 135 Å². The van der Waals surface area contributed by atoms with E-state index in [1.54, 1.807) is 0 Å². The van der Waals surface area contributed by atoms with Crippen LogP contribution in [0, 0.1) is 11.2 Å². The number of nitrogens with one attached hydrogen (secondary N) is 1. The molecule has 1 aliphatic rings. The summed E-state index contributed by atoms with van der Waals surface area (Å²) in [5.74, 6) is -3.35. The van der Waals surface area contributed by atoms with Crippen LogP contribution in [-0.2, 0) is 9.53 Å². The first-order valence-electron chi connectivity index (χ1n) is 7.18. The van der Waals surface area contributed by atoms with E-state index in [0.717, 1.165) is 12.1 Å². The normalized spacial score (nSPS) is 16.7. The average molecular weight is 347 g/mol. The molecule has 2 rings (SSSR count). The van der Waals surface area contributed by atoms with E-state index < -0.39 is 35.5 Å². The number of rotatable bonds is 6. The Morgan fingerprint density at radius 3 is 2.58 bits per heavy atom. The molecule has 1 aliphatic heterocycles. The molecule has 0 unspecified atom stereocenters. The third kappa shape index (κ3) is 4.16. The summed E-state index contributed by atoms with van der Waals surface area (Å²) in [7, 11) is 0. The van der Waals surface area contributed by atoms with Crippen LogP contribution in [0.5, 0.6) is 5.75 Å². The number of hydrogen-bond donors (Lipinski definition) is 2.